The summed E-state index contributed by atoms with van der Waals surface area (Å²) < 4.78 is 0. The van der Waals surface area contributed by atoms with E-state index in [1.165, 1.54) is 0 Å². The van der Waals surface area contributed by atoms with E-state index in [4.69, 9.17) is 0 Å². The van der Waals surface area contributed by atoms with Crippen molar-refractivity contribution in [1.29, 1.82) is 0 Å². The fourth-order valence-corrected chi connectivity index (χ4v) is 1.89. The molecule has 3 rings (SSSR count). The molecule has 0 spiro atoms. The fraction of sp³-hybridized carbons (Fsp3) is 0. The first-order valence-corrected chi connectivity index (χ1v) is 6.04. The summed E-state index contributed by atoms with van der Waals surface area (Å²) in [5.74, 6) is 8.00. The predicted molar refractivity (Wildman–Crippen MR) is 79.1 cm³/mol. The van der Waals surface area contributed by atoms with Gasteiger partial charge in [-0.1, -0.05) is 12.1 Å². The van der Waals surface area contributed by atoms with Crippen molar-refractivity contribution in [3.8, 4) is 22.4 Å². The minimum absolute atomic E-state index is 0.929. The second-order valence-electron chi connectivity index (χ2n) is 3.88. The van der Waals surface area contributed by atoms with Gasteiger partial charge in [0, 0.05) is 47.7 Å². The highest BCUT2D eigenvalue weighted by Gasteiger charge is 2.07. The van der Waals surface area contributed by atoms with Crippen molar-refractivity contribution < 1.29 is 0 Å². The van der Waals surface area contributed by atoms with Crippen molar-refractivity contribution >= 4 is 0 Å². The van der Waals surface area contributed by atoms with Crippen molar-refractivity contribution in [2.75, 3.05) is 0 Å². The van der Waals surface area contributed by atoms with Gasteiger partial charge in [0.25, 0.3) is 0 Å². The molecule has 3 aromatic heterocycles. The van der Waals surface area contributed by atoms with Crippen molar-refractivity contribution in [2.24, 2.45) is 11.7 Å². The van der Waals surface area contributed by atoms with Gasteiger partial charge in [-0.2, -0.15) is 0 Å². The summed E-state index contributed by atoms with van der Waals surface area (Å²) in [6.45, 7) is 0. The van der Waals surface area contributed by atoms with E-state index >= 15 is 0 Å². The number of rotatable bonds is 2. The standard InChI is InChI=1S/C15H11N3.H4N2/c1-4-12(10-16-7-1)14-6-3-9-18-15(14)13-5-2-8-17-11-13;1-2/h1-11H;1-2H2. The largest absolute Gasteiger partial charge is 0.274 e. The molecule has 0 unspecified atom stereocenters. The fourth-order valence-electron chi connectivity index (χ4n) is 1.89. The zero-order valence-electron chi connectivity index (χ0n) is 10.8. The lowest BCUT2D eigenvalue weighted by Gasteiger charge is -2.07. The minimum Gasteiger partial charge on any atom is -0.274 e. The monoisotopic (exact) mass is 265 g/mol. The number of nitrogens with two attached hydrogens (primary N) is 2. The van der Waals surface area contributed by atoms with Crippen LogP contribution in [0.15, 0.2) is 67.4 Å². The first-order valence-electron chi connectivity index (χ1n) is 6.04. The van der Waals surface area contributed by atoms with Crippen LogP contribution in [-0.4, -0.2) is 15.0 Å². The van der Waals surface area contributed by atoms with E-state index in [1.54, 1.807) is 18.6 Å². The summed E-state index contributed by atoms with van der Waals surface area (Å²) >= 11 is 0. The highest BCUT2D eigenvalue weighted by atomic mass is 15.0. The van der Waals surface area contributed by atoms with Crippen LogP contribution in [-0.2, 0) is 0 Å². The van der Waals surface area contributed by atoms with Crippen LogP contribution < -0.4 is 11.7 Å². The third-order valence-corrected chi connectivity index (χ3v) is 2.72. The van der Waals surface area contributed by atoms with Crippen LogP contribution >= 0.6 is 0 Å². The van der Waals surface area contributed by atoms with Crippen molar-refractivity contribution in [1.82, 2.24) is 15.0 Å². The summed E-state index contributed by atoms with van der Waals surface area (Å²) in [6, 6.07) is 11.9. The molecule has 0 saturated carbocycles. The van der Waals surface area contributed by atoms with Crippen LogP contribution in [0.4, 0.5) is 0 Å². The second kappa shape index (κ2) is 7.08. The van der Waals surface area contributed by atoms with E-state index in [-0.39, 0.29) is 0 Å². The van der Waals surface area contributed by atoms with Crippen LogP contribution in [0.1, 0.15) is 0 Å². The van der Waals surface area contributed by atoms with Crippen molar-refractivity contribution in [3.05, 3.63) is 67.4 Å². The highest BCUT2D eigenvalue weighted by Crippen LogP contribution is 2.28. The molecule has 4 N–H and O–H groups in total. The Kier molecular flexibility index (Phi) is 4.88. The lowest BCUT2D eigenvalue weighted by atomic mass is 10.0. The van der Waals surface area contributed by atoms with E-state index in [0.29, 0.717) is 0 Å². The van der Waals surface area contributed by atoms with E-state index < -0.39 is 0 Å². The average Bonchev–Trinajstić information content (AvgIpc) is 2.58. The van der Waals surface area contributed by atoms with Crippen LogP contribution in [0.2, 0.25) is 0 Å². The summed E-state index contributed by atoms with van der Waals surface area (Å²) in [6.07, 6.45) is 8.99. The number of hydrogen-bond donors (Lipinski definition) is 2. The molecule has 0 radical (unpaired) electrons. The van der Waals surface area contributed by atoms with Crippen LogP contribution in [0.25, 0.3) is 22.4 Å². The zero-order valence-corrected chi connectivity index (χ0v) is 10.8. The van der Waals surface area contributed by atoms with Gasteiger partial charge in [0.05, 0.1) is 5.69 Å². The molecule has 3 aromatic rings. The van der Waals surface area contributed by atoms with E-state index in [2.05, 4.69) is 26.6 Å². The van der Waals surface area contributed by atoms with E-state index in [0.717, 1.165) is 22.4 Å². The Hall–Kier alpha value is -2.63. The summed E-state index contributed by atoms with van der Waals surface area (Å²) in [4.78, 5) is 12.8. The molecule has 3 heterocycles. The number of hydrogen-bond acceptors (Lipinski definition) is 5. The van der Waals surface area contributed by atoms with Gasteiger partial charge in [-0.3, -0.25) is 26.6 Å². The molecule has 0 aliphatic carbocycles. The summed E-state index contributed by atoms with van der Waals surface area (Å²) in [7, 11) is 0. The Morgan fingerprint density at radius 1 is 0.700 bits per heavy atom. The van der Waals surface area contributed by atoms with Crippen LogP contribution in [0.5, 0.6) is 0 Å². The molecule has 0 saturated heterocycles. The van der Waals surface area contributed by atoms with Gasteiger partial charge in [0.1, 0.15) is 0 Å². The van der Waals surface area contributed by atoms with Gasteiger partial charge in [0.2, 0.25) is 0 Å². The average molecular weight is 265 g/mol. The molecule has 0 amide bonds. The molecule has 5 nitrogen and oxygen atoms in total. The lowest BCUT2D eigenvalue weighted by Crippen LogP contribution is -2.02. The topological polar surface area (TPSA) is 90.7 Å². The highest BCUT2D eigenvalue weighted by molar-refractivity contribution is 5.79. The van der Waals surface area contributed by atoms with Crippen LogP contribution in [0.3, 0.4) is 0 Å². The summed E-state index contributed by atoms with van der Waals surface area (Å²) in [5.41, 5.74) is 4.07. The molecule has 100 valence electrons. The van der Waals surface area contributed by atoms with Gasteiger partial charge >= 0.3 is 0 Å². The molecular formula is C15H15N5. The van der Waals surface area contributed by atoms with E-state index in [1.807, 2.05) is 48.8 Å². The van der Waals surface area contributed by atoms with Crippen LogP contribution in [0, 0.1) is 0 Å². The zero-order chi connectivity index (χ0) is 14.2. The van der Waals surface area contributed by atoms with Crippen molar-refractivity contribution in [2.45, 2.75) is 0 Å². The SMILES string of the molecule is NN.c1cncc(-c2cccnc2-c2cccnc2)c1. The molecule has 0 aromatic carbocycles. The minimum atomic E-state index is 0.929. The van der Waals surface area contributed by atoms with Gasteiger partial charge in [-0.05, 0) is 24.3 Å². The van der Waals surface area contributed by atoms with Gasteiger partial charge in [0.15, 0.2) is 0 Å². The molecule has 0 bridgehead atoms. The Morgan fingerprint density at radius 2 is 1.30 bits per heavy atom. The molecule has 5 heteroatoms. The number of nitrogens with zero attached hydrogens (tertiary/aromatic N) is 3. The maximum absolute atomic E-state index is 4.46. The first-order chi connectivity index (χ1) is 9.95. The molecule has 0 aliphatic heterocycles. The molecule has 20 heavy (non-hydrogen) atoms. The Bertz CT molecular complexity index is 582. The quantitative estimate of drug-likeness (QED) is 0.546. The Balaban J connectivity index is 0.000000704. The Morgan fingerprint density at radius 3 is 1.90 bits per heavy atom. The van der Waals surface area contributed by atoms with E-state index in [9.17, 15) is 0 Å². The van der Waals surface area contributed by atoms with Gasteiger partial charge in [-0.25, -0.2) is 0 Å². The molecule has 0 fully saturated rings. The predicted octanol–water partition coefficient (Wildman–Crippen LogP) is 2.02. The maximum Gasteiger partial charge on any atom is 0.0796 e. The Labute approximate surface area is 117 Å². The van der Waals surface area contributed by atoms with Crippen molar-refractivity contribution in [3.63, 3.8) is 0 Å². The number of aromatic nitrogens is 3. The second-order valence-corrected chi connectivity index (χ2v) is 3.88. The molecule has 0 atom stereocenters. The third kappa shape index (κ3) is 3.03. The molecule has 0 aliphatic rings. The number of pyridine rings is 3. The lowest BCUT2D eigenvalue weighted by molar-refractivity contribution is 1.26. The van der Waals surface area contributed by atoms with Gasteiger partial charge < -0.3 is 0 Å². The third-order valence-electron chi connectivity index (χ3n) is 2.72. The number of hydrazine groups is 1. The maximum atomic E-state index is 4.46. The van der Waals surface area contributed by atoms with Gasteiger partial charge in [-0.15, -0.1) is 0 Å². The molecular weight excluding hydrogens is 250 g/mol. The summed E-state index contributed by atoms with van der Waals surface area (Å²) in [5, 5.41) is 0. The first kappa shape index (κ1) is 13.8. The normalized spacial score (nSPS) is 9.50. The smallest absolute Gasteiger partial charge is 0.0796 e.